The predicted molar refractivity (Wildman–Crippen MR) is 60.6 cm³/mol. The average Bonchev–Trinajstić information content (AvgIpc) is 2.80. The molecular formula is C8H8Cl2N2O2S. The smallest absolute Gasteiger partial charge is 0.271 e. The number of benzene rings is 1. The van der Waals surface area contributed by atoms with Gasteiger partial charge >= 0.3 is 10.2 Å². The summed E-state index contributed by atoms with van der Waals surface area (Å²) in [6.07, 6.45) is 0. The maximum atomic E-state index is 11.5. The molecule has 0 amide bonds. The van der Waals surface area contributed by atoms with Crippen molar-refractivity contribution in [2.45, 2.75) is 0 Å². The van der Waals surface area contributed by atoms with Gasteiger partial charge in [0.1, 0.15) is 0 Å². The molecule has 0 bridgehead atoms. The lowest BCUT2D eigenvalue weighted by atomic mass is 10.3. The highest BCUT2D eigenvalue weighted by Gasteiger charge is 2.31. The van der Waals surface area contributed by atoms with Gasteiger partial charge in [-0.1, -0.05) is 23.2 Å². The van der Waals surface area contributed by atoms with Gasteiger partial charge in [-0.25, -0.2) is 0 Å². The predicted octanol–water partition coefficient (Wildman–Crippen LogP) is 1.97. The van der Waals surface area contributed by atoms with Gasteiger partial charge in [-0.05, 0) is 18.2 Å². The van der Waals surface area contributed by atoms with E-state index in [9.17, 15) is 8.42 Å². The fourth-order valence-corrected chi connectivity index (χ4v) is 2.74. The van der Waals surface area contributed by atoms with E-state index in [0.29, 0.717) is 28.8 Å². The number of halogens is 2. The van der Waals surface area contributed by atoms with E-state index in [1.54, 1.807) is 6.07 Å². The maximum Gasteiger partial charge on any atom is 0.301 e. The topological polar surface area (TPSA) is 49.2 Å². The summed E-state index contributed by atoms with van der Waals surface area (Å²) in [6, 6.07) is 4.56. The molecule has 4 nitrogen and oxygen atoms in total. The molecule has 2 rings (SSSR count). The van der Waals surface area contributed by atoms with Crippen LogP contribution >= 0.6 is 23.2 Å². The van der Waals surface area contributed by atoms with E-state index in [0.717, 1.165) is 0 Å². The van der Waals surface area contributed by atoms with Gasteiger partial charge in [0.2, 0.25) is 0 Å². The minimum absolute atomic E-state index is 0.374. The Morgan fingerprint density at radius 2 is 1.67 bits per heavy atom. The van der Waals surface area contributed by atoms with Gasteiger partial charge in [0.25, 0.3) is 0 Å². The summed E-state index contributed by atoms with van der Waals surface area (Å²) in [6.45, 7) is 1.12. The summed E-state index contributed by atoms with van der Waals surface area (Å²) < 4.78 is 26.7. The third-order valence-electron chi connectivity index (χ3n) is 1.86. The number of anilines is 1. The Bertz CT molecular complexity index is 465. The van der Waals surface area contributed by atoms with Crippen LogP contribution in [0.3, 0.4) is 0 Å². The minimum Gasteiger partial charge on any atom is -0.271 e. The van der Waals surface area contributed by atoms with Crippen LogP contribution in [0.1, 0.15) is 0 Å². The summed E-state index contributed by atoms with van der Waals surface area (Å²) in [7, 11) is -3.41. The molecule has 1 fully saturated rings. The van der Waals surface area contributed by atoms with Crippen molar-refractivity contribution in [2.24, 2.45) is 0 Å². The second-order valence-electron chi connectivity index (χ2n) is 3.16. The Labute approximate surface area is 98.0 Å². The van der Waals surface area contributed by atoms with Crippen LogP contribution in [0, 0.1) is 0 Å². The SMILES string of the molecule is O=S(=O)(Nc1cc(Cl)cc(Cl)c1)N1CC1. The molecule has 1 aromatic rings. The van der Waals surface area contributed by atoms with Crippen molar-refractivity contribution in [3.05, 3.63) is 28.2 Å². The lowest BCUT2D eigenvalue weighted by Gasteiger charge is -2.08. The molecule has 0 aliphatic carbocycles. The quantitative estimate of drug-likeness (QED) is 0.851. The zero-order valence-electron chi connectivity index (χ0n) is 7.57. The van der Waals surface area contributed by atoms with Crippen LogP contribution in [0.5, 0.6) is 0 Å². The van der Waals surface area contributed by atoms with Crippen LogP contribution in [-0.4, -0.2) is 25.8 Å². The zero-order valence-corrected chi connectivity index (χ0v) is 9.90. The molecular weight excluding hydrogens is 259 g/mol. The van der Waals surface area contributed by atoms with Gasteiger partial charge < -0.3 is 0 Å². The zero-order chi connectivity index (χ0) is 11.1. The Morgan fingerprint density at radius 3 is 2.13 bits per heavy atom. The fourth-order valence-electron chi connectivity index (χ4n) is 1.11. The first-order valence-electron chi connectivity index (χ1n) is 4.21. The second kappa shape index (κ2) is 3.83. The van der Waals surface area contributed by atoms with Gasteiger partial charge in [-0.3, -0.25) is 4.72 Å². The highest BCUT2D eigenvalue weighted by Crippen LogP contribution is 2.24. The van der Waals surface area contributed by atoms with Gasteiger partial charge in [0, 0.05) is 23.1 Å². The summed E-state index contributed by atoms with van der Waals surface area (Å²) in [4.78, 5) is 0. The highest BCUT2D eigenvalue weighted by molar-refractivity contribution is 7.90. The summed E-state index contributed by atoms with van der Waals surface area (Å²) in [5, 5.41) is 0.789. The molecule has 1 aliphatic rings. The van der Waals surface area contributed by atoms with Gasteiger partial charge in [-0.15, -0.1) is 0 Å². The van der Waals surface area contributed by atoms with E-state index in [-0.39, 0.29) is 0 Å². The van der Waals surface area contributed by atoms with Crippen molar-refractivity contribution in [1.29, 1.82) is 0 Å². The maximum absolute atomic E-state index is 11.5. The Balaban J connectivity index is 2.23. The first-order chi connectivity index (χ1) is 6.97. The van der Waals surface area contributed by atoms with Gasteiger partial charge in [-0.2, -0.15) is 12.7 Å². The summed E-state index contributed by atoms with van der Waals surface area (Å²) in [5.41, 5.74) is 0.374. The van der Waals surface area contributed by atoms with Crippen LogP contribution in [0.25, 0.3) is 0 Å². The van der Waals surface area contributed by atoms with Crippen LogP contribution < -0.4 is 4.72 Å². The van der Waals surface area contributed by atoms with Crippen LogP contribution in [0.4, 0.5) is 5.69 Å². The molecule has 0 aromatic heterocycles. The highest BCUT2D eigenvalue weighted by atomic mass is 35.5. The van der Waals surface area contributed by atoms with E-state index in [1.165, 1.54) is 16.4 Å². The van der Waals surface area contributed by atoms with Crippen molar-refractivity contribution >= 4 is 39.1 Å². The number of nitrogens with zero attached hydrogens (tertiary/aromatic N) is 1. The largest absolute Gasteiger partial charge is 0.301 e. The number of rotatable bonds is 3. The molecule has 82 valence electrons. The Kier molecular flexibility index (Phi) is 2.81. The lowest BCUT2D eigenvalue weighted by Crippen LogP contribution is -2.20. The molecule has 0 unspecified atom stereocenters. The molecule has 15 heavy (non-hydrogen) atoms. The average molecular weight is 267 g/mol. The first kappa shape index (κ1) is 11.0. The standard InChI is InChI=1S/C8H8Cl2N2O2S/c9-6-3-7(10)5-8(4-6)11-15(13,14)12-1-2-12/h3-5,11H,1-2H2. The summed E-state index contributed by atoms with van der Waals surface area (Å²) in [5.74, 6) is 0. The van der Waals surface area contributed by atoms with E-state index in [1.807, 2.05) is 0 Å². The second-order valence-corrected chi connectivity index (χ2v) is 5.71. The molecule has 1 heterocycles. The molecule has 0 saturated carbocycles. The normalized spacial score (nSPS) is 16.4. The molecule has 0 atom stereocenters. The molecule has 1 N–H and O–H groups in total. The van der Waals surface area contributed by atoms with Crippen molar-refractivity contribution in [2.75, 3.05) is 17.8 Å². The summed E-state index contributed by atoms with van der Waals surface area (Å²) >= 11 is 11.5. The molecule has 0 spiro atoms. The third kappa shape index (κ3) is 2.75. The van der Waals surface area contributed by atoms with Crippen molar-refractivity contribution < 1.29 is 8.42 Å². The van der Waals surface area contributed by atoms with E-state index in [2.05, 4.69) is 4.72 Å². The molecule has 1 aromatic carbocycles. The monoisotopic (exact) mass is 266 g/mol. The van der Waals surface area contributed by atoms with Gasteiger partial charge in [0.15, 0.2) is 0 Å². The van der Waals surface area contributed by atoms with Crippen LogP contribution in [0.2, 0.25) is 10.0 Å². The number of nitrogens with one attached hydrogen (secondary N) is 1. The van der Waals surface area contributed by atoms with E-state index >= 15 is 0 Å². The van der Waals surface area contributed by atoms with Crippen molar-refractivity contribution in [3.8, 4) is 0 Å². The van der Waals surface area contributed by atoms with Gasteiger partial charge in [0.05, 0.1) is 5.69 Å². The molecule has 0 radical (unpaired) electrons. The fraction of sp³-hybridized carbons (Fsp3) is 0.250. The van der Waals surface area contributed by atoms with E-state index in [4.69, 9.17) is 23.2 Å². The molecule has 7 heteroatoms. The van der Waals surface area contributed by atoms with Crippen molar-refractivity contribution in [1.82, 2.24) is 4.31 Å². The third-order valence-corrected chi connectivity index (χ3v) is 3.83. The van der Waals surface area contributed by atoms with E-state index < -0.39 is 10.2 Å². The molecule has 1 aliphatic heterocycles. The minimum atomic E-state index is -3.41. The van der Waals surface area contributed by atoms with Crippen LogP contribution in [-0.2, 0) is 10.2 Å². The van der Waals surface area contributed by atoms with Crippen LogP contribution in [0.15, 0.2) is 18.2 Å². The lowest BCUT2D eigenvalue weighted by molar-refractivity contribution is 0.569. The number of hydrogen-bond donors (Lipinski definition) is 1. The molecule has 1 saturated heterocycles. The number of hydrogen-bond acceptors (Lipinski definition) is 2. The Hall–Kier alpha value is -0.490. The Morgan fingerprint density at radius 1 is 1.13 bits per heavy atom. The first-order valence-corrected chi connectivity index (χ1v) is 6.41. The van der Waals surface area contributed by atoms with Crippen molar-refractivity contribution in [3.63, 3.8) is 0 Å².